The number of nitrogens with two attached hydrogens (primary N) is 1. The van der Waals surface area contributed by atoms with Crippen molar-refractivity contribution in [3.8, 4) is 11.5 Å². The van der Waals surface area contributed by atoms with Crippen LogP contribution < -0.4 is 20.5 Å². The predicted molar refractivity (Wildman–Crippen MR) is 116 cm³/mol. The Kier molecular flexibility index (Phi) is 7.32. The maximum atomic E-state index is 6.18. The minimum absolute atomic E-state index is 0.157. The molecule has 1 unspecified atom stereocenters. The highest BCUT2D eigenvalue weighted by atomic mass is 16.5. The van der Waals surface area contributed by atoms with Crippen LogP contribution in [-0.2, 0) is 4.74 Å². The molecular weight excluding hydrogens is 368 g/mol. The van der Waals surface area contributed by atoms with E-state index in [0.29, 0.717) is 24.0 Å². The topological polar surface area (TPSA) is 81.3 Å². The van der Waals surface area contributed by atoms with E-state index in [9.17, 15) is 0 Å². The van der Waals surface area contributed by atoms with Gasteiger partial charge in [0.15, 0.2) is 17.5 Å². The molecule has 7 nitrogen and oxygen atoms in total. The normalized spacial score (nSPS) is 16.3. The minimum Gasteiger partial charge on any atom is -0.493 e. The number of guanidine groups is 1. The zero-order valence-electron chi connectivity index (χ0n) is 17.4. The maximum absolute atomic E-state index is 6.18. The van der Waals surface area contributed by atoms with Crippen LogP contribution in [0.3, 0.4) is 0 Å². The van der Waals surface area contributed by atoms with Crippen LogP contribution in [-0.4, -0.2) is 57.9 Å². The number of benzene rings is 2. The van der Waals surface area contributed by atoms with Gasteiger partial charge in [0, 0.05) is 24.8 Å². The molecular formula is C22H30N4O3. The second-order valence-electron chi connectivity index (χ2n) is 7.00. The van der Waals surface area contributed by atoms with Gasteiger partial charge in [-0.3, -0.25) is 9.89 Å². The number of morpholine rings is 1. The lowest BCUT2D eigenvalue weighted by atomic mass is 10.0. The molecule has 0 saturated carbocycles. The third kappa shape index (κ3) is 5.62. The highest BCUT2D eigenvalue weighted by molar-refractivity contribution is 5.92. The van der Waals surface area contributed by atoms with Crippen molar-refractivity contribution in [3.63, 3.8) is 0 Å². The summed E-state index contributed by atoms with van der Waals surface area (Å²) in [6, 6.07) is 14.3. The molecule has 1 aliphatic rings. The van der Waals surface area contributed by atoms with Crippen LogP contribution >= 0.6 is 0 Å². The molecule has 2 aromatic carbocycles. The minimum atomic E-state index is 0.157. The van der Waals surface area contributed by atoms with Gasteiger partial charge in [-0.05, 0) is 24.6 Å². The summed E-state index contributed by atoms with van der Waals surface area (Å²) in [6.45, 7) is 5.93. The maximum Gasteiger partial charge on any atom is 0.193 e. The quantitative estimate of drug-likeness (QED) is 0.551. The van der Waals surface area contributed by atoms with E-state index in [2.05, 4.69) is 46.4 Å². The summed E-state index contributed by atoms with van der Waals surface area (Å²) in [7, 11) is 3.21. The second-order valence-corrected chi connectivity index (χ2v) is 7.00. The molecule has 0 aliphatic carbocycles. The van der Waals surface area contributed by atoms with Gasteiger partial charge in [-0.15, -0.1) is 0 Å². The van der Waals surface area contributed by atoms with E-state index in [0.717, 1.165) is 32.0 Å². The number of anilines is 1. The van der Waals surface area contributed by atoms with Crippen LogP contribution in [0.25, 0.3) is 0 Å². The molecule has 156 valence electrons. The number of hydrogen-bond donors (Lipinski definition) is 2. The zero-order chi connectivity index (χ0) is 20.6. The smallest absolute Gasteiger partial charge is 0.193 e. The van der Waals surface area contributed by atoms with Crippen molar-refractivity contribution in [2.75, 3.05) is 52.4 Å². The van der Waals surface area contributed by atoms with Gasteiger partial charge >= 0.3 is 0 Å². The lowest BCUT2D eigenvalue weighted by Gasteiger charge is -2.34. The first-order valence-corrected chi connectivity index (χ1v) is 9.78. The average Bonchev–Trinajstić information content (AvgIpc) is 2.74. The summed E-state index contributed by atoms with van der Waals surface area (Å²) in [6.07, 6.45) is 0. The third-order valence-corrected chi connectivity index (χ3v) is 5.00. The molecule has 2 aromatic rings. The molecule has 1 atom stereocenters. The number of rotatable bonds is 7. The zero-order valence-corrected chi connectivity index (χ0v) is 17.4. The molecule has 0 spiro atoms. The van der Waals surface area contributed by atoms with Crippen LogP contribution in [0.2, 0.25) is 0 Å². The van der Waals surface area contributed by atoms with Crippen molar-refractivity contribution in [2.45, 2.75) is 13.0 Å². The van der Waals surface area contributed by atoms with E-state index in [-0.39, 0.29) is 6.04 Å². The number of aryl methyl sites for hydroxylation is 1. The van der Waals surface area contributed by atoms with Crippen LogP contribution in [0.4, 0.5) is 5.69 Å². The number of aliphatic imine (C=N–C) groups is 1. The molecule has 3 N–H and O–H groups in total. The van der Waals surface area contributed by atoms with Crippen molar-refractivity contribution >= 4 is 11.6 Å². The fourth-order valence-electron chi connectivity index (χ4n) is 3.48. The van der Waals surface area contributed by atoms with Gasteiger partial charge in [-0.1, -0.05) is 29.8 Å². The van der Waals surface area contributed by atoms with Crippen molar-refractivity contribution < 1.29 is 14.2 Å². The Morgan fingerprint density at radius 3 is 2.59 bits per heavy atom. The first kappa shape index (κ1) is 21.0. The van der Waals surface area contributed by atoms with Crippen molar-refractivity contribution in [1.29, 1.82) is 0 Å². The van der Waals surface area contributed by atoms with Crippen LogP contribution in [0, 0.1) is 6.92 Å². The van der Waals surface area contributed by atoms with Crippen LogP contribution in [0.15, 0.2) is 47.5 Å². The summed E-state index contributed by atoms with van der Waals surface area (Å²) in [4.78, 5) is 7.04. The van der Waals surface area contributed by atoms with E-state index in [1.54, 1.807) is 14.2 Å². The van der Waals surface area contributed by atoms with Gasteiger partial charge in [0.2, 0.25) is 0 Å². The molecule has 7 heteroatoms. The molecule has 1 aliphatic heterocycles. The van der Waals surface area contributed by atoms with Gasteiger partial charge in [-0.25, -0.2) is 0 Å². The molecule has 3 rings (SSSR count). The molecule has 0 radical (unpaired) electrons. The first-order chi connectivity index (χ1) is 14.1. The van der Waals surface area contributed by atoms with Crippen molar-refractivity contribution in [2.24, 2.45) is 10.7 Å². The monoisotopic (exact) mass is 398 g/mol. The molecule has 0 bridgehead atoms. The first-order valence-electron chi connectivity index (χ1n) is 9.78. The van der Waals surface area contributed by atoms with Crippen LogP contribution in [0.1, 0.15) is 17.2 Å². The number of methoxy groups -OCH3 is 2. The Balaban J connectivity index is 1.74. The molecule has 0 aromatic heterocycles. The van der Waals surface area contributed by atoms with E-state index in [1.165, 1.54) is 11.1 Å². The Morgan fingerprint density at radius 1 is 1.14 bits per heavy atom. The Labute approximate surface area is 172 Å². The molecule has 1 saturated heterocycles. The van der Waals surface area contributed by atoms with Gasteiger partial charge in [0.1, 0.15) is 0 Å². The summed E-state index contributed by atoms with van der Waals surface area (Å²) in [5, 5.41) is 3.14. The third-order valence-electron chi connectivity index (χ3n) is 5.00. The van der Waals surface area contributed by atoms with Crippen molar-refractivity contribution in [3.05, 3.63) is 53.6 Å². The largest absolute Gasteiger partial charge is 0.493 e. The fourth-order valence-corrected chi connectivity index (χ4v) is 3.48. The van der Waals surface area contributed by atoms with E-state index in [4.69, 9.17) is 19.9 Å². The van der Waals surface area contributed by atoms with E-state index < -0.39 is 0 Å². The SMILES string of the molecule is COc1ccc(NC(N)=NCC(c2cccc(C)c2)N2CCOCC2)cc1OC. The highest BCUT2D eigenvalue weighted by Crippen LogP contribution is 2.29. The van der Waals surface area contributed by atoms with Gasteiger partial charge < -0.3 is 25.3 Å². The van der Waals surface area contributed by atoms with Gasteiger partial charge in [-0.2, -0.15) is 0 Å². The molecule has 1 heterocycles. The molecule has 0 amide bonds. The summed E-state index contributed by atoms with van der Waals surface area (Å²) < 4.78 is 16.1. The Morgan fingerprint density at radius 2 is 1.90 bits per heavy atom. The Hall–Kier alpha value is -2.77. The summed E-state index contributed by atoms with van der Waals surface area (Å²) in [5.74, 6) is 1.67. The number of hydrogen-bond acceptors (Lipinski definition) is 5. The predicted octanol–water partition coefficient (Wildman–Crippen LogP) is 2.81. The summed E-state index contributed by atoms with van der Waals surface area (Å²) >= 11 is 0. The molecule has 1 fully saturated rings. The lowest BCUT2D eigenvalue weighted by Crippen LogP contribution is -2.40. The fraction of sp³-hybridized carbons (Fsp3) is 0.409. The van der Waals surface area contributed by atoms with E-state index >= 15 is 0 Å². The van der Waals surface area contributed by atoms with Gasteiger partial charge in [0.05, 0.1) is 40.0 Å². The number of ether oxygens (including phenoxy) is 3. The standard InChI is InChI=1S/C22H30N4O3/c1-16-5-4-6-17(13-16)19(26-9-11-29-12-10-26)15-24-22(23)25-18-7-8-20(27-2)21(14-18)28-3/h4-8,13-14,19H,9-12,15H2,1-3H3,(H3,23,24,25). The Bertz CT molecular complexity index is 835. The number of nitrogens with zero attached hydrogens (tertiary/aromatic N) is 2. The highest BCUT2D eigenvalue weighted by Gasteiger charge is 2.22. The average molecular weight is 399 g/mol. The number of nitrogens with one attached hydrogen (secondary N) is 1. The van der Waals surface area contributed by atoms with Gasteiger partial charge in [0.25, 0.3) is 0 Å². The van der Waals surface area contributed by atoms with Crippen LogP contribution in [0.5, 0.6) is 11.5 Å². The van der Waals surface area contributed by atoms with E-state index in [1.807, 2.05) is 18.2 Å². The summed E-state index contributed by atoms with van der Waals surface area (Å²) in [5.41, 5.74) is 9.45. The van der Waals surface area contributed by atoms with Crippen molar-refractivity contribution in [1.82, 2.24) is 4.90 Å². The molecule has 29 heavy (non-hydrogen) atoms. The second kappa shape index (κ2) is 10.1. The lowest BCUT2D eigenvalue weighted by molar-refractivity contribution is 0.0180.